The fourth-order valence-electron chi connectivity index (χ4n) is 2.06. The van der Waals surface area contributed by atoms with E-state index in [1.54, 1.807) is 0 Å². The standard InChI is InChI=1S/C16H22F3N3O2/c1-3-22(4-2)11-5-10-20-14(23)15(24)21-13-8-6-12(7-9-13)16(17,18)19/h6-9H,3-5,10-11H2,1-2H3,(H,20,23)(H,21,24). The Bertz CT molecular complexity index is 540. The zero-order valence-corrected chi connectivity index (χ0v) is 13.7. The Morgan fingerprint density at radius 1 is 1.04 bits per heavy atom. The molecule has 0 fully saturated rings. The third-order valence-corrected chi connectivity index (χ3v) is 3.51. The van der Waals surface area contributed by atoms with Crippen LogP contribution in [0.5, 0.6) is 0 Å². The summed E-state index contributed by atoms with van der Waals surface area (Å²) in [6.07, 6.45) is -3.73. The number of hydrogen-bond donors (Lipinski definition) is 2. The Morgan fingerprint density at radius 2 is 1.62 bits per heavy atom. The maximum atomic E-state index is 12.4. The molecule has 0 radical (unpaired) electrons. The molecule has 24 heavy (non-hydrogen) atoms. The molecule has 134 valence electrons. The first kappa shape index (κ1) is 20.0. The van der Waals surface area contributed by atoms with E-state index in [9.17, 15) is 22.8 Å². The first-order chi connectivity index (χ1) is 11.3. The average molecular weight is 345 g/mol. The van der Waals surface area contributed by atoms with Gasteiger partial charge in [-0.15, -0.1) is 0 Å². The van der Waals surface area contributed by atoms with Gasteiger partial charge in [0.05, 0.1) is 5.56 Å². The maximum absolute atomic E-state index is 12.4. The first-order valence-corrected chi connectivity index (χ1v) is 7.76. The number of carbonyl (C=O) groups excluding carboxylic acids is 2. The van der Waals surface area contributed by atoms with Crippen molar-refractivity contribution < 1.29 is 22.8 Å². The molecule has 0 unspecified atom stereocenters. The molecule has 0 atom stereocenters. The van der Waals surface area contributed by atoms with Crippen molar-refractivity contribution in [3.05, 3.63) is 29.8 Å². The molecule has 0 aromatic heterocycles. The second-order valence-electron chi connectivity index (χ2n) is 5.17. The van der Waals surface area contributed by atoms with Crippen LogP contribution in [-0.4, -0.2) is 42.9 Å². The number of anilines is 1. The van der Waals surface area contributed by atoms with Gasteiger partial charge in [-0.25, -0.2) is 0 Å². The lowest BCUT2D eigenvalue weighted by molar-refractivity contribution is -0.137. The van der Waals surface area contributed by atoms with Gasteiger partial charge in [0.1, 0.15) is 0 Å². The van der Waals surface area contributed by atoms with E-state index in [2.05, 4.69) is 15.5 Å². The predicted molar refractivity (Wildman–Crippen MR) is 85.5 cm³/mol. The minimum atomic E-state index is -4.44. The molecule has 2 N–H and O–H groups in total. The van der Waals surface area contributed by atoms with Crippen molar-refractivity contribution in [3.63, 3.8) is 0 Å². The van der Waals surface area contributed by atoms with Crippen LogP contribution in [0.1, 0.15) is 25.8 Å². The monoisotopic (exact) mass is 345 g/mol. The molecule has 0 aliphatic carbocycles. The number of amides is 2. The van der Waals surface area contributed by atoms with Gasteiger partial charge in [0, 0.05) is 12.2 Å². The molecule has 1 rings (SSSR count). The fourth-order valence-corrected chi connectivity index (χ4v) is 2.06. The summed E-state index contributed by atoms with van der Waals surface area (Å²) in [7, 11) is 0. The van der Waals surface area contributed by atoms with Gasteiger partial charge in [-0.1, -0.05) is 13.8 Å². The van der Waals surface area contributed by atoms with Gasteiger partial charge in [0.2, 0.25) is 0 Å². The molecule has 2 amide bonds. The van der Waals surface area contributed by atoms with Gasteiger partial charge in [0.15, 0.2) is 0 Å². The number of halogens is 3. The minimum absolute atomic E-state index is 0.131. The Kier molecular flexibility index (Phi) is 7.70. The van der Waals surface area contributed by atoms with E-state index in [-0.39, 0.29) is 5.69 Å². The van der Waals surface area contributed by atoms with Crippen LogP contribution in [0.4, 0.5) is 18.9 Å². The molecule has 0 aliphatic rings. The lowest BCUT2D eigenvalue weighted by Gasteiger charge is -2.17. The first-order valence-electron chi connectivity index (χ1n) is 7.76. The number of nitrogens with one attached hydrogen (secondary N) is 2. The molecule has 0 spiro atoms. The quantitative estimate of drug-likeness (QED) is 0.590. The maximum Gasteiger partial charge on any atom is 0.416 e. The highest BCUT2D eigenvalue weighted by molar-refractivity contribution is 6.39. The summed E-state index contributed by atoms with van der Waals surface area (Å²) in [6.45, 7) is 7.08. The van der Waals surface area contributed by atoms with Crippen molar-refractivity contribution in [3.8, 4) is 0 Å². The molecule has 0 saturated heterocycles. The number of alkyl halides is 3. The molecular weight excluding hydrogens is 323 g/mol. The topological polar surface area (TPSA) is 61.4 Å². The summed E-state index contributed by atoms with van der Waals surface area (Å²) >= 11 is 0. The summed E-state index contributed by atoms with van der Waals surface area (Å²) in [5, 5.41) is 4.75. The Hall–Kier alpha value is -2.09. The van der Waals surface area contributed by atoms with Gasteiger partial charge in [-0.3, -0.25) is 9.59 Å². The zero-order valence-electron chi connectivity index (χ0n) is 13.7. The summed E-state index contributed by atoms with van der Waals surface area (Å²) < 4.78 is 37.3. The van der Waals surface area contributed by atoms with Crippen molar-refractivity contribution in [1.82, 2.24) is 10.2 Å². The molecule has 0 heterocycles. The van der Waals surface area contributed by atoms with E-state index in [0.29, 0.717) is 13.0 Å². The van der Waals surface area contributed by atoms with E-state index in [4.69, 9.17) is 0 Å². The molecule has 0 saturated carbocycles. The molecule has 1 aromatic carbocycles. The number of nitrogens with zero attached hydrogens (tertiary/aromatic N) is 1. The summed E-state index contributed by atoms with van der Waals surface area (Å²) in [5.74, 6) is -1.72. The van der Waals surface area contributed by atoms with Crippen LogP contribution in [0.3, 0.4) is 0 Å². The summed E-state index contributed by atoms with van der Waals surface area (Å²) in [4.78, 5) is 25.5. The molecule has 0 bridgehead atoms. The Labute approximate surface area is 139 Å². The second kappa shape index (κ2) is 9.27. The van der Waals surface area contributed by atoms with E-state index >= 15 is 0 Å². The summed E-state index contributed by atoms with van der Waals surface area (Å²) in [5.41, 5.74) is -0.687. The van der Waals surface area contributed by atoms with Crippen molar-refractivity contribution in [1.29, 1.82) is 0 Å². The second-order valence-corrected chi connectivity index (χ2v) is 5.17. The molecule has 5 nitrogen and oxygen atoms in total. The lowest BCUT2D eigenvalue weighted by Crippen LogP contribution is -2.37. The number of rotatable bonds is 7. The van der Waals surface area contributed by atoms with Crippen LogP contribution in [0, 0.1) is 0 Å². The van der Waals surface area contributed by atoms with E-state index in [1.807, 2.05) is 13.8 Å². The zero-order chi connectivity index (χ0) is 18.2. The van der Waals surface area contributed by atoms with Crippen molar-refractivity contribution in [2.75, 3.05) is 31.5 Å². The van der Waals surface area contributed by atoms with Gasteiger partial charge in [0.25, 0.3) is 0 Å². The predicted octanol–water partition coefficient (Wildman–Crippen LogP) is 2.49. The SMILES string of the molecule is CCN(CC)CCCNC(=O)C(=O)Nc1ccc(C(F)(F)F)cc1. The van der Waals surface area contributed by atoms with Crippen LogP contribution in [0.2, 0.25) is 0 Å². The van der Waals surface area contributed by atoms with Crippen LogP contribution in [0.15, 0.2) is 24.3 Å². The van der Waals surface area contributed by atoms with Crippen LogP contribution in [0.25, 0.3) is 0 Å². The number of hydrogen-bond acceptors (Lipinski definition) is 3. The van der Waals surface area contributed by atoms with Crippen molar-refractivity contribution in [2.45, 2.75) is 26.4 Å². The van der Waals surface area contributed by atoms with Crippen LogP contribution < -0.4 is 10.6 Å². The summed E-state index contributed by atoms with van der Waals surface area (Å²) in [6, 6.07) is 3.90. The minimum Gasteiger partial charge on any atom is -0.348 e. The third kappa shape index (κ3) is 6.57. The lowest BCUT2D eigenvalue weighted by atomic mass is 10.2. The average Bonchev–Trinajstić information content (AvgIpc) is 2.54. The van der Waals surface area contributed by atoms with Gasteiger partial charge in [-0.2, -0.15) is 13.2 Å². The van der Waals surface area contributed by atoms with Gasteiger partial charge >= 0.3 is 18.0 Å². The number of benzene rings is 1. The molecular formula is C16H22F3N3O2. The van der Waals surface area contributed by atoms with Crippen molar-refractivity contribution >= 4 is 17.5 Å². The van der Waals surface area contributed by atoms with Crippen LogP contribution >= 0.6 is 0 Å². The highest BCUT2D eigenvalue weighted by Gasteiger charge is 2.30. The Balaban J connectivity index is 2.40. The molecule has 8 heteroatoms. The molecule has 1 aromatic rings. The smallest absolute Gasteiger partial charge is 0.348 e. The van der Waals surface area contributed by atoms with E-state index < -0.39 is 23.6 Å². The fraction of sp³-hybridized carbons (Fsp3) is 0.500. The molecule has 0 aliphatic heterocycles. The highest BCUT2D eigenvalue weighted by atomic mass is 19.4. The largest absolute Gasteiger partial charge is 0.416 e. The normalized spacial score (nSPS) is 11.4. The van der Waals surface area contributed by atoms with E-state index in [0.717, 1.165) is 43.9 Å². The van der Waals surface area contributed by atoms with E-state index in [1.165, 1.54) is 0 Å². The Morgan fingerprint density at radius 3 is 2.12 bits per heavy atom. The van der Waals surface area contributed by atoms with Crippen molar-refractivity contribution in [2.24, 2.45) is 0 Å². The van der Waals surface area contributed by atoms with Gasteiger partial charge < -0.3 is 15.5 Å². The third-order valence-electron chi connectivity index (χ3n) is 3.51. The van der Waals surface area contributed by atoms with Crippen LogP contribution in [-0.2, 0) is 15.8 Å². The van der Waals surface area contributed by atoms with Gasteiger partial charge in [-0.05, 0) is 50.3 Å². The highest BCUT2D eigenvalue weighted by Crippen LogP contribution is 2.29. The number of carbonyl (C=O) groups is 2.